The molecular formula is C15H19N3O3. The third-order valence-electron chi connectivity index (χ3n) is 4.53. The number of amides is 1. The SMILES string of the molecule is CC1NC(c2ccc([N+](=O)[O-])cc2)N(C2CC2(C)C)C1=O. The molecule has 3 atom stereocenters. The van der Waals surface area contributed by atoms with E-state index in [9.17, 15) is 14.9 Å². The summed E-state index contributed by atoms with van der Waals surface area (Å²) in [7, 11) is 0. The van der Waals surface area contributed by atoms with E-state index in [4.69, 9.17) is 0 Å². The average Bonchev–Trinajstić information content (AvgIpc) is 2.95. The van der Waals surface area contributed by atoms with Crippen molar-refractivity contribution in [1.29, 1.82) is 0 Å². The highest BCUT2D eigenvalue weighted by atomic mass is 16.6. The Morgan fingerprint density at radius 3 is 2.38 bits per heavy atom. The molecule has 1 aliphatic heterocycles. The van der Waals surface area contributed by atoms with Crippen LogP contribution >= 0.6 is 0 Å². The molecule has 0 aromatic heterocycles. The number of carbonyl (C=O) groups excluding carboxylic acids is 1. The van der Waals surface area contributed by atoms with Crippen LogP contribution in [0.15, 0.2) is 24.3 Å². The van der Waals surface area contributed by atoms with Crippen molar-refractivity contribution in [3.8, 4) is 0 Å². The van der Waals surface area contributed by atoms with Crippen LogP contribution in [0.5, 0.6) is 0 Å². The van der Waals surface area contributed by atoms with Gasteiger partial charge in [0.25, 0.3) is 5.69 Å². The van der Waals surface area contributed by atoms with Crippen LogP contribution in [0.3, 0.4) is 0 Å². The molecule has 21 heavy (non-hydrogen) atoms. The van der Waals surface area contributed by atoms with Crippen molar-refractivity contribution in [3.63, 3.8) is 0 Å². The van der Waals surface area contributed by atoms with Crippen molar-refractivity contribution in [2.45, 2.75) is 45.4 Å². The number of carbonyl (C=O) groups is 1. The van der Waals surface area contributed by atoms with Gasteiger partial charge in [-0.05, 0) is 36.5 Å². The smallest absolute Gasteiger partial charge is 0.269 e. The van der Waals surface area contributed by atoms with Gasteiger partial charge in [0, 0.05) is 18.2 Å². The van der Waals surface area contributed by atoms with Crippen molar-refractivity contribution >= 4 is 11.6 Å². The van der Waals surface area contributed by atoms with Gasteiger partial charge in [-0.1, -0.05) is 13.8 Å². The summed E-state index contributed by atoms with van der Waals surface area (Å²) >= 11 is 0. The first-order chi connectivity index (χ1) is 9.81. The Balaban J connectivity index is 1.89. The van der Waals surface area contributed by atoms with E-state index in [0.29, 0.717) is 0 Å². The third kappa shape index (κ3) is 2.29. The van der Waals surface area contributed by atoms with E-state index >= 15 is 0 Å². The van der Waals surface area contributed by atoms with Gasteiger partial charge in [-0.2, -0.15) is 0 Å². The Bertz CT molecular complexity index is 597. The van der Waals surface area contributed by atoms with Gasteiger partial charge in [-0.25, -0.2) is 0 Å². The summed E-state index contributed by atoms with van der Waals surface area (Å²) < 4.78 is 0. The van der Waals surface area contributed by atoms with Gasteiger partial charge in [-0.3, -0.25) is 20.2 Å². The van der Waals surface area contributed by atoms with Gasteiger partial charge in [0.1, 0.15) is 6.17 Å². The third-order valence-corrected chi connectivity index (χ3v) is 4.53. The summed E-state index contributed by atoms with van der Waals surface area (Å²) in [5, 5.41) is 14.0. The summed E-state index contributed by atoms with van der Waals surface area (Å²) in [6.45, 7) is 6.16. The van der Waals surface area contributed by atoms with Crippen molar-refractivity contribution < 1.29 is 9.72 Å². The molecule has 1 aromatic carbocycles. The summed E-state index contributed by atoms with van der Waals surface area (Å²) in [6.07, 6.45) is 0.802. The molecule has 0 radical (unpaired) electrons. The molecule has 1 saturated heterocycles. The highest BCUT2D eigenvalue weighted by Gasteiger charge is 2.55. The maximum absolute atomic E-state index is 12.4. The summed E-state index contributed by atoms with van der Waals surface area (Å²) in [4.78, 5) is 24.6. The van der Waals surface area contributed by atoms with Crippen molar-refractivity contribution in [1.82, 2.24) is 10.2 Å². The molecule has 1 heterocycles. The van der Waals surface area contributed by atoms with E-state index in [2.05, 4.69) is 19.2 Å². The minimum absolute atomic E-state index is 0.0643. The second kappa shape index (κ2) is 4.53. The summed E-state index contributed by atoms with van der Waals surface area (Å²) in [5.41, 5.74) is 1.11. The average molecular weight is 289 g/mol. The summed E-state index contributed by atoms with van der Waals surface area (Å²) in [6, 6.07) is 6.44. The van der Waals surface area contributed by atoms with Gasteiger partial charge < -0.3 is 4.90 Å². The number of non-ortho nitro benzene ring substituents is 1. The number of nitro benzene ring substituents is 1. The van der Waals surface area contributed by atoms with E-state index in [1.54, 1.807) is 12.1 Å². The zero-order chi connectivity index (χ0) is 15.4. The molecule has 2 aliphatic rings. The standard InChI is InChI=1S/C15H19N3O3/c1-9-14(19)17(12-8-15(12,2)3)13(16-9)10-4-6-11(7-5-10)18(20)21/h4-7,9,12-13,16H,8H2,1-3H3. The van der Waals surface area contributed by atoms with E-state index in [1.165, 1.54) is 12.1 Å². The zero-order valence-electron chi connectivity index (χ0n) is 12.4. The number of benzene rings is 1. The van der Waals surface area contributed by atoms with Crippen LogP contribution < -0.4 is 5.32 Å². The predicted molar refractivity (Wildman–Crippen MR) is 77.5 cm³/mol. The molecule has 3 rings (SSSR count). The normalized spacial score (nSPS) is 30.5. The largest absolute Gasteiger partial charge is 0.318 e. The molecule has 6 heteroatoms. The Morgan fingerprint density at radius 2 is 1.90 bits per heavy atom. The number of hydrogen-bond acceptors (Lipinski definition) is 4. The van der Waals surface area contributed by atoms with Crippen LogP contribution in [0.2, 0.25) is 0 Å². The van der Waals surface area contributed by atoms with Crippen LogP contribution in [0, 0.1) is 15.5 Å². The Labute approximate surface area is 123 Å². The topological polar surface area (TPSA) is 75.5 Å². The molecular weight excluding hydrogens is 270 g/mol. The van der Waals surface area contributed by atoms with Gasteiger partial charge in [-0.15, -0.1) is 0 Å². The molecule has 1 amide bonds. The zero-order valence-corrected chi connectivity index (χ0v) is 12.4. The fourth-order valence-electron chi connectivity index (χ4n) is 3.02. The lowest BCUT2D eigenvalue weighted by atomic mass is 10.1. The highest BCUT2D eigenvalue weighted by molar-refractivity contribution is 5.85. The van der Waals surface area contributed by atoms with Crippen LogP contribution in [0.1, 0.15) is 38.9 Å². The minimum Gasteiger partial charge on any atom is -0.318 e. The molecule has 0 bridgehead atoms. The molecule has 1 aliphatic carbocycles. The van der Waals surface area contributed by atoms with E-state index in [0.717, 1.165) is 12.0 Å². The fraction of sp³-hybridized carbons (Fsp3) is 0.533. The highest BCUT2D eigenvalue weighted by Crippen LogP contribution is 2.51. The van der Waals surface area contributed by atoms with Gasteiger partial charge in [0.05, 0.1) is 11.0 Å². The Hall–Kier alpha value is -1.95. The number of nitro groups is 1. The molecule has 0 spiro atoms. The van der Waals surface area contributed by atoms with Crippen molar-refractivity contribution in [3.05, 3.63) is 39.9 Å². The predicted octanol–water partition coefficient (Wildman–Crippen LogP) is 2.21. The molecule has 1 saturated carbocycles. The first-order valence-corrected chi connectivity index (χ1v) is 7.14. The van der Waals surface area contributed by atoms with Crippen LogP contribution in [-0.4, -0.2) is 27.8 Å². The van der Waals surface area contributed by atoms with Gasteiger partial charge in [0.2, 0.25) is 5.91 Å². The number of hydrogen-bond donors (Lipinski definition) is 1. The Morgan fingerprint density at radius 1 is 1.33 bits per heavy atom. The van der Waals surface area contributed by atoms with E-state index in [1.807, 2.05) is 11.8 Å². The number of nitrogens with zero attached hydrogens (tertiary/aromatic N) is 2. The molecule has 1 N–H and O–H groups in total. The van der Waals surface area contributed by atoms with Crippen LogP contribution in [0.4, 0.5) is 5.69 Å². The molecule has 2 fully saturated rings. The lowest BCUT2D eigenvalue weighted by Crippen LogP contribution is -2.34. The number of rotatable bonds is 3. The minimum atomic E-state index is -0.415. The molecule has 6 nitrogen and oxygen atoms in total. The maximum atomic E-state index is 12.4. The first-order valence-electron chi connectivity index (χ1n) is 7.14. The van der Waals surface area contributed by atoms with Crippen LogP contribution in [-0.2, 0) is 4.79 Å². The second-order valence-electron chi connectivity index (χ2n) is 6.59. The van der Waals surface area contributed by atoms with Crippen molar-refractivity contribution in [2.75, 3.05) is 0 Å². The number of nitrogens with one attached hydrogen (secondary N) is 1. The van der Waals surface area contributed by atoms with Crippen LogP contribution in [0.25, 0.3) is 0 Å². The Kier molecular flexibility index (Phi) is 3.02. The first kappa shape index (κ1) is 14.0. The quantitative estimate of drug-likeness (QED) is 0.684. The second-order valence-corrected chi connectivity index (χ2v) is 6.59. The fourth-order valence-corrected chi connectivity index (χ4v) is 3.02. The van der Waals surface area contributed by atoms with E-state index in [-0.39, 0.29) is 35.3 Å². The van der Waals surface area contributed by atoms with E-state index < -0.39 is 4.92 Å². The lowest BCUT2D eigenvalue weighted by molar-refractivity contribution is -0.384. The monoisotopic (exact) mass is 289 g/mol. The molecule has 1 aromatic rings. The van der Waals surface area contributed by atoms with Gasteiger partial charge >= 0.3 is 0 Å². The lowest BCUT2D eigenvalue weighted by Gasteiger charge is -2.26. The maximum Gasteiger partial charge on any atom is 0.269 e. The summed E-state index contributed by atoms with van der Waals surface area (Å²) in [5.74, 6) is 0.105. The van der Waals surface area contributed by atoms with Gasteiger partial charge in [0.15, 0.2) is 0 Å². The van der Waals surface area contributed by atoms with Crippen molar-refractivity contribution in [2.24, 2.45) is 5.41 Å². The molecule has 3 unspecified atom stereocenters. The molecule has 112 valence electrons.